The van der Waals surface area contributed by atoms with E-state index in [0.717, 1.165) is 3.22 Å². The summed E-state index contributed by atoms with van der Waals surface area (Å²) in [5, 5.41) is 15.2. The molecule has 1 aromatic heterocycles. The normalized spacial score (nSPS) is 11.0. The van der Waals surface area contributed by atoms with Crippen LogP contribution >= 0.6 is 22.9 Å². The van der Waals surface area contributed by atoms with Crippen LogP contribution in [0, 0.1) is 10.1 Å². The Morgan fingerprint density at radius 1 is 1.31 bits per heavy atom. The molecule has 0 bridgehead atoms. The number of primary amides is 1. The second kappa shape index (κ2) is 9.27. The molecule has 0 saturated heterocycles. The number of hydrazone groups is 1. The van der Waals surface area contributed by atoms with Crippen molar-refractivity contribution in [2.24, 2.45) is 10.8 Å². The summed E-state index contributed by atoms with van der Waals surface area (Å²) in [6.07, 6.45) is 0.761. The predicted octanol–water partition coefficient (Wildman–Crippen LogP) is 3.17. The maximum atomic E-state index is 12.2. The number of benzene rings is 1. The van der Waals surface area contributed by atoms with Crippen molar-refractivity contribution in [3.05, 3.63) is 52.3 Å². The number of hydrogen-bond donors (Lipinski definition) is 1. The Morgan fingerprint density at radius 3 is 2.59 bits per heavy atom. The molecule has 29 heavy (non-hydrogen) atoms. The third-order valence-electron chi connectivity index (χ3n) is 3.59. The molecule has 2 N–H and O–H groups in total. The fourth-order valence-corrected chi connectivity index (χ4v) is 2.55. The first-order valence-electron chi connectivity index (χ1n) is 8.05. The van der Waals surface area contributed by atoms with Crippen LogP contribution in [0.25, 0.3) is 11.1 Å². The maximum Gasteiger partial charge on any atom is 0.414 e. The Bertz CT molecular complexity index is 994. The van der Waals surface area contributed by atoms with Gasteiger partial charge in [0.05, 0.1) is 33.5 Å². The van der Waals surface area contributed by atoms with E-state index in [0.29, 0.717) is 11.1 Å². The van der Waals surface area contributed by atoms with Crippen LogP contribution in [-0.4, -0.2) is 50.0 Å². The standard InChI is InChI=1S/C17H17IN6O5/c1-10(21-23(18)16(19)25)14-15(29-17(26)22(2)3)13(7-8-20-14)11-5-4-6-12(9-11)24(27)28/h4-9H,1-3H3,(H2,19,25). The SMILES string of the molecule is CC(=NN(I)C(N)=O)c1nccc(-c2cccc([N+](=O)[O-])c2)c1OC(=O)N(C)C. The molecular weight excluding hydrogens is 495 g/mol. The first kappa shape index (κ1) is 22.0. The summed E-state index contributed by atoms with van der Waals surface area (Å²) >= 11 is 1.61. The van der Waals surface area contributed by atoms with Crippen molar-refractivity contribution in [1.82, 2.24) is 13.1 Å². The zero-order valence-electron chi connectivity index (χ0n) is 15.7. The summed E-state index contributed by atoms with van der Waals surface area (Å²) in [6.45, 7) is 1.56. The molecule has 0 atom stereocenters. The third kappa shape index (κ3) is 5.37. The molecule has 1 aromatic carbocycles. The maximum absolute atomic E-state index is 12.2. The van der Waals surface area contributed by atoms with E-state index in [2.05, 4.69) is 10.1 Å². The van der Waals surface area contributed by atoms with E-state index in [1.807, 2.05) is 0 Å². The smallest absolute Gasteiger partial charge is 0.407 e. The molecule has 0 unspecified atom stereocenters. The summed E-state index contributed by atoms with van der Waals surface area (Å²) < 4.78 is 6.37. The minimum Gasteiger partial charge on any atom is -0.407 e. The third-order valence-corrected chi connectivity index (χ3v) is 4.28. The van der Waals surface area contributed by atoms with Crippen LogP contribution in [0.2, 0.25) is 0 Å². The zero-order chi connectivity index (χ0) is 21.7. The van der Waals surface area contributed by atoms with E-state index in [-0.39, 0.29) is 22.8 Å². The summed E-state index contributed by atoms with van der Waals surface area (Å²) in [5.74, 6) is 0.0437. The second-order valence-electron chi connectivity index (χ2n) is 5.89. The molecule has 2 aromatic rings. The number of aromatic nitrogens is 1. The van der Waals surface area contributed by atoms with Gasteiger partial charge in [-0.25, -0.2) is 9.59 Å². The number of carbonyl (C=O) groups excluding carboxylic acids is 2. The molecule has 0 aliphatic heterocycles. The summed E-state index contributed by atoms with van der Waals surface area (Å²) in [7, 11) is 3.01. The summed E-state index contributed by atoms with van der Waals surface area (Å²) in [4.78, 5) is 39.5. The van der Waals surface area contributed by atoms with Gasteiger partial charge in [-0.1, -0.05) is 12.1 Å². The van der Waals surface area contributed by atoms with Gasteiger partial charge in [-0.15, -0.1) is 0 Å². The van der Waals surface area contributed by atoms with Crippen molar-refractivity contribution in [3.63, 3.8) is 0 Å². The molecule has 3 amide bonds. The number of urea groups is 1. The Kier molecular flexibility index (Phi) is 7.03. The van der Waals surface area contributed by atoms with Gasteiger partial charge in [0.15, 0.2) is 5.75 Å². The molecule has 0 spiro atoms. The molecule has 11 nitrogen and oxygen atoms in total. The number of nitro groups is 1. The number of halogens is 1. The predicted molar refractivity (Wildman–Crippen MR) is 114 cm³/mol. The van der Waals surface area contributed by atoms with Crippen molar-refractivity contribution in [2.45, 2.75) is 6.92 Å². The zero-order valence-corrected chi connectivity index (χ0v) is 17.9. The Hall–Kier alpha value is -3.29. The molecule has 2 rings (SSSR count). The average Bonchev–Trinajstić information content (AvgIpc) is 2.67. The largest absolute Gasteiger partial charge is 0.414 e. The molecule has 152 valence electrons. The van der Waals surface area contributed by atoms with Crippen LogP contribution in [0.3, 0.4) is 0 Å². The van der Waals surface area contributed by atoms with Gasteiger partial charge in [0, 0.05) is 38.0 Å². The van der Waals surface area contributed by atoms with Crippen LogP contribution in [-0.2, 0) is 0 Å². The van der Waals surface area contributed by atoms with E-state index < -0.39 is 17.0 Å². The van der Waals surface area contributed by atoms with E-state index in [4.69, 9.17) is 10.5 Å². The molecule has 1 heterocycles. The van der Waals surface area contributed by atoms with E-state index >= 15 is 0 Å². The first-order valence-corrected chi connectivity index (χ1v) is 9.02. The van der Waals surface area contributed by atoms with Crippen molar-refractivity contribution >= 4 is 46.4 Å². The summed E-state index contributed by atoms with van der Waals surface area (Å²) in [5.41, 5.74) is 6.31. The highest BCUT2D eigenvalue weighted by molar-refractivity contribution is 14.1. The number of hydrogen-bond acceptors (Lipinski definition) is 7. The molecule has 0 aliphatic rings. The number of non-ortho nitro benzene ring substituents is 1. The Balaban J connectivity index is 2.68. The molecule has 0 radical (unpaired) electrons. The lowest BCUT2D eigenvalue weighted by atomic mass is 10.0. The van der Waals surface area contributed by atoms with E-state index in [9.17, 15) is 19.7 Å². The molecule has 0 aliphatic carbocycles. The van der Waals surface area contributed by atoms with Gasteiger partial charge in [0.25, 0.3) is 5.69 Å². The fourth-order valence-electron chi connectivity index (χ4n) is 2.23. The molecule has 0 fully saturated rings. The van der Waals surface area contributed by atoms with Crippen molar-refractivity contribution in [2.75, 3.05) is 14.1 Å². The van der Waals surface area contributed by atoms with Crippen molar-refractivity contribution < 1.29 is 19.2 Å². The highest BCUT2D eigenvalue weighted by Crippen LogP contribution is 2.34. The fraction of sp³-hybridized carbons (Fsp3) is 0.176. The van der Waals surface area contributed by atoms with Crippen LogP contribution in [0.15, 0.2) is 41.6 Å². The Labute approximate surface area is 179 Å². The topological polar surface area (TPSA) is 144 Å². The Morgan fingerprint density at radius 2 is 2.00 bits per heavy atom. The number of amides is 3. The van der Waals surface area contributed by atoms with Crippen LogP contribution in [0.1, 0.15) is 12.6 Å². The molecule has 0 saturated carbocycles. The lowest BCUT2D eigenvalue weighted by Crippen LogP contribution is -2.27. The first-order chi connectivity index (χ1) is 13.6. The van der Waals surface area contributed by atoms with Gasteiger partial charge >= 0.3 is 12.1 Å². The van der Waals surface area contributed by atoms with Crippen molar-refractivity contribution in [1.29, 1.82) is 0 Å². The molecule has 12 heteroatoms. The van der Waals surface area contributed by atoms with E-state index in [1.54, 1.807) is 41.9 Å². The van der Waals surface area contributed by atoms with E-state index in [1.165, 1.54) is 43.4 Å². The van der Waals surface area contributed by atoms with Crippen LogP contribution < -0.4 is 10.5 Å². The average molecular weight is 512 g/mol. The van der Waals surface area contributed by atoms with Gasteiger partial charge in [-0.05, 0) is 18.6 Å². The molecular formula is C17H17IN6O5. The lowest BCUT2D eigenvalue weighted by Gasteiger charge is -2.17. The quantitative estimate of drug-likeness (QED) is 0.214. The monoisotopic (exact) mass is 512 g/mol. The number of pyridine rings is 1. The highest BCUT2D eigenvalue weighted by Gasteiger charge is 2.21. The van der Waals surface area contributed by atoms with Crippen LogP contribution in [0.4, 0.5) is 15.3 Å². The number of nitrogens with two attached hydrogens (primary N) is 1. The summed E-state index contributed by atoms with van der Waals surface area (Å²) in [6, 6.07) is 6.62. The van der Waals surface area contributed by atoms with Gasteiger partial charge in [0.2, 0.25) is 0 Å². The minimum atomic E-state index is -0.799. The number of nitro benzene ring substituents is 1. The van der Waals surface area contributed by atoms with Gasteiger partial charge in [-0.2, -0.15) is 8.32 Å². The lowest BCUT2D eigenvalue weighted by molar-refractivity contribution is -0.384. The second-order valence-corrected chi connectivity index (χ2v) is 6.80. The number of carbonyl (C=O) groups is 2. The minimum absolute atomic E-state index is 0.0437. The van der Waals surface area contributed by atoms with Gasteiger partial charge < -0.3 is 15.4 Å². The van der Waals surface area contributed by atoms with Crippen LogP contribution in [0.5, 0.6) is 5.75 Å². The van der Waals surface area contributed by atoms with Gasteiger partial charge in [0.1, 0.15) is 5.69 Å². The van der Waals surface area contributed by atoms with Gasteiger partial charge in [-0.3, -0.25) is 15.1 Å². The van der Waals surface area contributed by atoms with Crippen molar-refractivity contribution in [3.8, 4) is 16.9 Å². The highest BCUT2D eigenvalue weighted by atomic mass is 127. The number of nitrogens with zero attached hydrogens (tertiary/aromatic N) is 5. The number of rotatable bonds is 5. The number of ether oxygens (including phenoxy) is 1.